The summed E-state index contributed by atoms with van der Waals surface area (Å²) in [5.41, 5.74) is 0.366. The molecule has 1 saturated heterocycles. The number of carbonyl (C=O) groups excluding carboxylic acids is 1. The highest BCUT2D eigenvalue weighted by Gasteiger charge is 2.31. The van der Waals surface area contributed by atoms with Crippen LogP contribution in [0, 0.1) is 5.41 Å². The summed E-state index contributed by atoms with van der Waals surface area (Å²) >= 11 is 0. The highest BCUT2D eigenvalue weighted by atomic mass is 127. The quantitative estimate of drug-likeness (QED) is 0.405. The highest BCUT2D eigenvalue weighted by Crippen LogP contribution is 2.33. The second-order valence-electron chi connectivity index (χ2n) is 6.71. The second-order valence-corrected chi connectivity index (χ2v) is 6.71. The molecule has 1 aliphatic rings. The molecule has 1 amide bonds. The maximum Gasteiger partial charge on any atom is 0.239 e. The Hall–Kier alpha value is -0.530. The van der Waals surface area contributed by atoms with Crippen LogP contribution >= 0.6 is 24.0 Å². The van der Waals surface area contributed by atoms with Gasteiger partial charge in [-0.25, -0.2) is 0 Å². The van der Waals surface area contributed by atoms with Crippen molar-refractivity contribution in [3.8, 4) is 0 Å². The molecule has 5 nitrogen and oxygen atoms in total. The van der Waals surface area contributed by atoms with Gasteiger partial charge in [0.15, 0.2) is 5.96 Å². The molecule has 0 aliphatic carbocycles. The Labute approximate surface area is 152 Å². The fourth-order valence-electron chi connectivity index (χ4n) is 3.17. The van der Waals surface area contributed by atoms with Crippen molar-refractivity contribution in [3.63, 3.8) is 0 Å². The van der Waals surface area contributed by atoms with Crippen LogP contribution in [0.15, 0.2) is 4.99 Å². The van der Waals surface area contributed by atoms with E-state index in [0.717, 1.165) is 19.0 Å². The number of nitrogens with zero attached hydrogens (tertiary/aromatic N) is 2. The fourth-order valence-corrected chi connectivity index (χ4v) is 3.17. The van der Waals surface area contributed by atoms with E-state index in [1.54, 1.807) is 7.05 Å². The van der Waals surface area contributed by atoms with Crippen molar-refractivity contribution in [1.29, 1.82) is 0 Å². The minimum Gasteiger partial charge on any atom is -0.352 e. The van der Waals surface area contributed by atoms with Gasteiger partial charge in [0.05, 0.1) is 6.54 Å². The van der Waals surface area contributed by atoms with E-state index in [0.29, 0.717) is 5.41 Å². The summed E-state index contributed by atoms with van der Waals surface area (Å²) in [6, 6.07) is 0.171. The van der Waals surface area contributed by atoms with Crippen LogP contribution in [0.3, 0.4) is 0 Å². The number of guanidine groups is 1. The van der Waals surface area contributed by atoms with Crippen molar-refractivity contribution < 1.29 is 4.79 Å². The first kappa shape index (κ1) is 21.5. The molecule has 6 heteroatoms. The van der Waals surface area contributed by atoms with Gasteiger partial charge in [0.1, 0.15) is 0 Å². The van der Waals surface area contributed by atoms with Gasteiger partial charge in [0.25, 0.3) is 0 Å². The summed E-state index contributed by atoms with van der Waals surface area (Å²) in [6.07, 6.45) is 4.93. The van der Waals surface area contributed by atoms with Crippen molar-refractivity contribution in [2.45, 2.75) is 59.4 Å². The average molecular weight is 424 g/mol. The average Bonchev–Trinajstić information content (AvgIpc) is 2.38. The van der Waals surface area contributed by atoms with E-state index in [4.69, 9.17) is 0 Å². The monoisotopic (exact) mass is 424 g/mol. The predicted octanol–water partition coefficient (Wildman–Crippen LogP) is 2.61. The number of likely N-dealkylation sites (tertiary alicyclic amines) is 1. The minimum atomic E-state index is 0. The van der Waals surface area contributed by atoms with E-state index < -0.39 is 0 Å². The number of amides is 1. The molecule has 0 aromatic heterocycles. The van der Waals surface area contributed by atoms with Crippen LogP contribution in [0.2, 0.25) is 0 Å². The normalized spacial score (nSPS) is 22.3. The van der Waals surface area contributed by atoms with Gasteiger partial charge in [-0.2, -0.15) is 0 Å². The minimum absolute atomic E-state index is 0. The SMILES string of the molecule is CCCC1(C)CCCN(C(=NC)NCC(=O)NC(C)C)C1.I. The molecule has 1 aliphatic heterocycles. The van der Waals surface area contributed by atoms with Gasteiger partial charge < -0.3 is 15.5 Å². The molecular formula is C16H33IN4O. The summed E-state index contributed by atoms with van der Waals surface area (Å²) in [5.74, 6) is 0.857. The molecule has 1 heterocycles. The smallest absolute Gasteiger partial charge is 0.239 e. The first-order chi connectivity index (χ1) is 9.90. The third-order valence-electron chi connectivity index (χ3n) is 4.00. The number of rotatable bonds is 5. The highest BCUT2D eigenvalue weighted by molar-refractivity contribution is 14.0. The molecule has 1 fully saturated rings. The molecule has 1 atom stereocenters. The summed E-state index contributed by atoms with van der Waals surface area (Å²) in [6.45, 7) is 10.9. The maximum atomic E-state index is 11.7. The summed E-state index contributed by atoms with van der Waals surface area (Å²) in [5, 5.41) is 6.07. The second kappa shape index (κ2) is 10.3. The molecule has 0 aromatic carbocycles. The van der Waals surface area contributed by atoms with Crippen LogP contribution in [-0.4, -0.2) is 49.5 Å². The summed E-state index contributed by atoms with van der Waals surface area (Å²) in [7, 11) is 1.79. The lowest BCUT2D eigenvalue weighted by atomic mass is 9.78. The number of hydrogen-bond donors (Lipinski definition) is 2. The fraction of sp³-hybridized carbons (Fsp3) is 0.875. The number of carbonyl (C=O) groups is 1. The van der Waals surface area contributed by atoms with Crippen LogP contribution in [0.25, 0.3) is 0 Å². The van der Waals surface area contributed by atoms with Gasteiger partial charge in [-0.15, -0.1) is 24.0 Å². The molecule has 130 valence electrons. The third-order valence-corrected chi connectivity index (χ3v) is 4.00. The maximum absolute atomic E-state index is 11.7. The number of halogens is 1. The standard InChI is InChI=1S/C16H32N4O.HI/c1-6-8-16(4)9-7-10-20(12-16)15(17-5)18-11-14(21)19-13(2)3;/h13H,6-12H2,1-5H3,(H,17,18)(H,19,21);1H. The molecular weight excluding hydrogens is 391 g/mol. The first-order valence-corrected chi connectivity index (χ1v) is 8.15. The number of aliphatic imine (C=N–C) groups is 1. The van der Waals surface area contributed by atoms with Crippen LogP contribution in [0.1, 0.15) is 53.4 Å². The van der Waals surface area contributed by atoms with Crippen molar-refractivity contribution in [2.24, 2.45) is 10.4 Å². The van der Waals surface area contributed by atoms with Crippen LogP contribution in [-0.2, 0) is 4.79 Å². The largest absolute Gasteiger partial charge is 0.352 e. The van der Waals surface area contributed by atoms with Gasteiger partial charge in [-0.3, -0.25) is 9.79 Å². The lowest BCUT2D eigenvalue weighted by Gasteiger charge is -2.42. The zero-order valence-electron chi connectivity index (χ0n) is 14.7. The van der Waals surface area contributed by atoms with Gasteiger partial charge in [-0.05, 0) is 38.5 Å². The van der Waals surface area contributed by atoms with Crippen molar-refractivity contribution >= 4 is 35.8 Å². The van der Waals surface area contributed by atoms with Crippen LogP contribution in [0.5, 0.6) is 0 Å². The molecule has 22 heavy (non-hydrogen) atoms. The Morgan fingerprint density at radius 1 is 1.41 bits per heavy atom. The summed E-state index contributed by atoms with van der Waals surface area (Å²) in [4.78, 5) is 18.4. The third kappa shape index (κ3) is 7.15. The zero-order chi connectivity index (χ0) is 15.9. The Kier molecular flexibility index (Phi) is 10.0. The number of piperidine rings is 1. The lowest BCUT2D eigenvalue weighted by Crippen LogP contribution is -2.51. The molecule has 0 bridgehead atoms. The Morgan fingerprint density at radius 2 is 2.09 bits per heavy atom. The van der Waals surface area contributed by atoms with Gasteiger partial charge >= 0.3 is 0 Å². The van der Waals surface area contributed by atoms with E-state index in [1.807, 2.05) is 13.8 Å². The van der Waals surface area contributed by atoms with Crippen molar-refractivity contribution in [3.05, 3.63) is 0 Å². The topological polar surface area (TPSA) is 56.7 Å². The Morgan fingerprint density at radius 3 is 2.64 bits per heavy atom. The van der Waals surface area contributed by atoms with Crippen molar-refractivity contribution in [1.82, 2.24) is 15.5 Å². The molecule has 0 aromatic rings. The Balaban J connectivity index is 0.00000441. The van der Waals surface area contributed by atoms with E-state index in [-0.39, 0.29) is 42.5 Å². The Bertz CT molecular complexity index is 369. The molecule has 1 rings (SSSR count). The molecule has 1 unspecified atom stereocenters. The summed E-state index contributed by atoms with van der Waals surface area (Å²) < 4.78 is 0. The van der Waals surface area contributed by atoms with E-state index in [2.05, 4.69) is 34.4 Å². The van der Waals surface area contributed by atoms with Gasteiger partial charge in [0, 0.05) is 26.2 Å². The number of nitrogens with one attached hydrogen (secondary N) is 2. The van der Waals surface area contributed by atoms with Crippen LogP contribution in [0.4, 0.5) is 0 Å². The van der Waals surface area contributed by atoms with E-state index >= 15 is 0 Å². The molecule has 0 spiro atoms. The number of hydrogen-bond acceptors (Lipinski definition) is 2. The van der Waals surface area contributed by atoms with E-state index in [9.17, 15) is 4.79 Å². The molecule has 2 N–H and O–H groups in total. The van der Waals surface area contributed by atoms with Crippen molar-refractivity contribution in [2.75, 3.05) is 26.7 Å². The van der Waals surface area contributed by atoms with Gasteiger partial charge in [0.2, 0.25) is 5.91 Å². The predicted molar refractivity (Wildman–Crippen MR) is 104 cm³/mol. The molecule has 0 saturated carbocycles. The first-order valence-electron chi connectivity index (χ1n) is 8.15. The van der Waals surface area contributed by atoms with E-state index in [1.165, 1.54) is 25.7 Å². The van der Waals surface area contributed by atoms with Gasteiger partial charge in [-0.1, -0.05) is 20.3 Å². The lowest BCUT2D eigenvalue weighted by molar-refractivity contribution is -0.120. The zero-order valence-corrected chi connectivity index (χ0v) is 17.1. The molecule has 0 radical (unpaired) electrons. The van der Waals surface area contributed by atoms with Crippen LogP contribution < -0.4 is 10.6 Å².